The molecule has 1 aromatic rings. The van der Waals surface area contributed by atoms with Gasteiger partial charge >= 0.3 is 0 Å². The van der Waals surface area contributed by atoms with Crippen LogP contribution in [-0.4, -0.2) is 6.54 Å². The molecule has 1 atom stereocenters. The van der Waals surface area contributed by atoms with Gasteiger partial charge in [-0.15, -0.1) is 6.58 Å². The Hall–Kier alpha value is -0.600. The second-order valence-corrected chi connectivity index (χ2v) is 4.57. The number of nitrogens with one attached hydrogen (secondary N) is 1. The first-order valence-electron chi connectivity index (χ1n) is 5.34. The van der Waals surface area contributed by atoms with Crippen molar-refractivity contribution in [1.82, 2.24) is 5.32 Å². The van der Waals surface area contributed by atoms with Crippen molar-refractivity contribution in [3.05, 3.63) is 47.0 Å². The van der Waals surface area contributed by atoms with Crippen LogP contribution < -0.4 is 5.32 Å². The molecule has 0 unspecified atom stereocenters. The highest BCUT2D eigenvalue weighted by Gasteiger charge is 2.02. The van der Waals surface area contributed by atoms with Gasteiger partial charge in [0.1, 0.15) is 0 Å². The molecule has 0 saturated heterocycles. The first-order chi connectivity index (χ1) is 7.24. The van der Waals surface area contributed by atoms with Crippen LogP contribution in [0.1, 0.15) is 31.4 Å². The van der Waals surface area contributed by atoms with Gasteiger partial charge in [0.25, 0.3) is 0 Å². The lowest BCUT2D eigenvalue weighted by Gasteiger charge is -2.13. The van der Waals surface area contributed by atoms with Gasteiger partial charge in [-0.05, 0) is 44.0 Å². The summed E-state index contributed by atoms with van der Waals surface area (Å²) in [6, 6.07) is 8.88. The Labute approximate surface area is 101 Å². The minimum atomic E-state index is 0.419. The molecule has 1 N–H and O–H groups in total. The minimum absolute atomic E-state index is 0.419. The van der Waals surface area contributed by atoms with Crippen molar-refractivity contribution < 1.29 is 0 Å². The van der Waals surface area contributed by atoms with E-state index in [0.29, 0.717) is 6.04 Å². The number of halogens is 1. The van der Waals surface area contributed by atoms with Crippen LogP contribution in [0.25, 0.3) is 0 Å². The molecule has 82 valence electrons. The number of benzene rings is 1. The third kappa shape index (κ3) is 4.63. The molecule has 0 bridgehead atoms. The maximum Gasteiger partial charge on any atom is 0.0291 e. The standard InChI is InChI=1S/C13H18BrN/c1-3-4-5-10-15-11(2)12-6-8-13(14)9-7-12/h3,6-9,11,15H,1,4-5,10H2,2H3/t11-/m1/s1. The van der Waals surface area contributed by atoms with Crippen molar-refractivity contribution in [2.24, 2.45) is 0 Å². The Balaban J connectivity index is 2.36. The summed E-state index contributed by atoms with van der Waals surface area (Å²) >= 11 is 3.44. The average molecular weight is 268 g/mol. The molecule has 1 nitrogen and oxygen atoms in total. The fraction of sp³-hybridized carbons (Fsp3) is 0.385. The van der Waals surface area contributed by atoms with E-state index in [4.69, 9.17) is 0 Å². The van der Waals surface area contributed by atoms with E-state index >= 15 is 0 Å². The lowest BCUT2D eigenvalue weighted by atomic mass is 10.1. The molecule has 0 aliphatic heterocycles. The molecule has 0 amide bonds. The van der Waals surface area contributed by atoms with Crippen LogP contribution >= 0.6 is 15.9 Å². The second kappa shape index (κ2) is 6.81. The summed E-state index contributed by atoms with van der Waals surface area (Å²) in [7, 11) is 0. The molecule has 0 radical (unpaired) electrons. The largest absolute Gasteiger partial charge is 0.310 e. The molecule has 0 heterocycles. The summed E-state index contributed by atoms with van der Waals surface area (Å²) < 4.78 is 1.13. The van der Waals surface area contributed by atoms with E-state index < -0.39 is 0 Å². The Kier molecular flexibility index (Phi) is 5.66. The third-order valence-electron chi connectivity index (χ3n) is 2.41. The van der Waals surface area contributed by atoms with Gasteiger partial charge in [0, 0.05) is 10.5 Å². The monoisotopic (exact) mass is 267 g/mol. The van der Waals surface area contributed by atoms with Crippen LogP contribution in [0.5, 0.6) is 0 Å². The minimum Gasteiger partial charge on any atom is -0.310 e. The third-order valence-corrected chi connectivity index (χ3v) is 2.93. The SMILES string of the molecule is C=CCCCN[C@H](C)c1ccc(Br)cc1. The Bertz CT molecular complexity index is 292. The normalized spacial score (nSPS) is 12.4. The molecular weight excluding hydrogens is 250 g/mol. The van der Waals surface area contributed by atoms with Gasteiger partial charge in [-0.3, -0.25) is 0 Å². The molecule has 0 aliphatic carbocycles. The second-order valence-electron chi connectivity index (χ2n) is 3.66. The van der Waals surface area contributed by atoms with Crippen LogP contribution in [-0.2, 0) is 0 Å². The van der Waals surface area contributed by atoms with E-state index in [1.165, 1.54) is 5.56 Å². The molecule has 0 fully saturated rings. The zero-order valence-corrected chi connectivity index (χ0v) is 10.8. The summed E-state index contributed by atoms with van der Waals surface area (Å²) in [6.07, 6.45) is 4.20. The summed E-state index contributed by atoms with van der Waals surface area (Å²) in [6.45, 7) is 6.95. The van der Waals surface area contributed by atoms with Gasteiger partial charge in [-0.25, -0.2) is 0 Å². The van der Waals surface area contributed by atoms with E-state index in [2.05, 4.69) is 59.0 Å². The zero-order chi connectivity index (χ0) is 11.1. The van der Waals surface area contributed by atoms with E-state index in [9.17, 15) is 0 Å². The quantitative estimate of drug-likeness (QED) is 0.606. The Morgan fingerprint density at radius 1 is 1.40 bits per heavy atom. The summed E-state index contributed by atoms with van der Waals surface area (Å²) in [4.78, 5) is 0. The number of allylic oxidation sites excluding steroid dienone is 1. The van der Waals surface area contributed by atoms with Crippen LogP contribution in [0.3, 0.4) is 0 Å². The van der Waals surface area contributed by atoms with Crippen LogP contribution in [0.4, 0.5) is 0 Å². The Morgan fingerprint density at radius 3 is 2.67 bits per heavy atom. The van der Waals surface area contributed by atoms with Crippen molar-refractivity contribution in [2.45, 2.75) is 25.8 Å². The number of hydrogen-bond acceptors (Lipinski definition) is 1. The van der Waals surface area contributed by atoms with Gasteiger partial charge in [0.2, 0.25) is 0 Å². The van der Waals surface area contributed by atoms with Gasteiger partial charge in [-0.2, -0.15) is 0 Å². The molecule has 1 aromatic carbocycles. The smallest absolute Gasteiger partial charge is 0.0291 e. The molecule has 0 spiro atoms. The van der Waals surface area contributed by atoms with E-state index in [0.717, 1.165) is 23.9 Å². The summed E-state index contributed by atoms with van der Waals surface area (Å²) in [5, 5.41) is 3.49. The molecule has 0 aliphatic rings. The first-order valence-corrected chi connectivity index (χ1v) is 6.13. The van der Waals surface area contributed by atoms with Gasteiger partial charge in [0.15, 0.2) is 0 Å². The first kappa shape index (κ1) is 12.5. The molecule has 15 heavy (non-hydrogen) atoms. The van der Waals surface area contributed by atoms with Crippen molar-refractivity contribution in [2.75, 3.05) is 6.54 Å². The fourth-order valence-corrected chi connectivity index (χ4v) is 1.70. The molecule has 1 rings (SSSR count). The maximum atomic E-state index is 3.71. The average Bonchev–Trinajstić information content (AvgIpc) is 2.25. The van der Waals surface area contributed by atoms with Crippen molar-refractivity contribution >= 4 is 15.9 Å². The van der Waals surface area contributed by atoms with Gasteiger partial charge < -0.3 is 5.32 Å². The number of unbranched alkanes of at least 4 members (excludes halogenated alkanes) is 1. The summed E-state index contributed by atoms with van der Waals surface area (Å²) in [5.74, 6) is 0. The van der Waals surface area contributed by atoms with E-state index in [-0.39, 0.29) is 0 Å². The van der Waals surface area contributed by atoms with Gasteiger partial charge in [0.05, 0.1) is 0 Å². The highest BCUT2D eigenvalue weighted by atomic mass is 79.9. The molecule has 0 aromatic heterocycles. The molecule has 2 heteroatoms. The maximum absolute atomic E-state index is 3.71. The fourth-order valence-electron chi connectivity index (χ4n) is 1.43. The lowest BCUT2D eigenvalue weighted by Crippen LogP contribution is -2.19. The summed E-state index contributed by atoms with van der Waals surface area (Å²) in [5.41, 5.74) is 1.33. The zero-order valence-electron chi connectivity index (χ0n) is 9.17. The predicted molar refractivity (Wildman–Crippen MR) is 70.0 cm³/mol. The van der Waals surface area contributed by atoms with Gasteiger partial charge in [-0.1, -0.05) is 34.1 Å². The van der Waals surface area contributed by atoms with Crippen molar-refractivity contribution in [1.29, 1.82) is 0 Å². The van der Waals surface area contributed by atoms with E-state index in [1.54, 1.807) is 0 Å². The molecule has 0 saturated carbocycles. The highest BCUT2D eigenvalue weighted by molar-refractivity contribution is 9.10. The Morgan fingerprint density at radius 2 is 2.07 bits per heavy atom. The number of hydrogen-bond donors (Lipinski definition) is 1. The number of rotatable bonds is 6. The topological polar surface area (TPSA) is 12.0 Å². The highest BCUT2D eigenvalue weighted by Crippen LogP contribution is 2.16. The van der Waals surface area contributed by atoms with Crippen LogP contribution in [0.2, 0.25) is 0 Å². The van der Waals surface area contributed by atoms with E-state index in [1.807, 2.05) is 6.08 Å². The van der Waals surface area contributed by atoms with Crippen molar-refractivity contribution in [3.8, 4) is 0 Å². The van der Waals surface area contributed by atoms with Crippen LogP contribution in [0.15, 0.2) is 41.4 Å². The van der Waals surface area contributed by atoms with Crippen LogP contribution in [0, 0.1) is 0 Å². The predicted octanol–water partition coefficient (Wildman–Crippen LogP) is 4.07. The lowest BCUT2D eigenvalue weighted by molar-refractivity contribution is 0.561. The molecular formula is C13H18BrN. The van der Waals surface area contributed by atoms with Crippen molar-refractivity contribution in [3.63, 3.8) is 0 Å².